The van der Waals surface area contributed by atoms with Gasteiger partial charge in [-0.3, -0.25) is 4.79 Å². The van der Waals surface area contributed by atoms with Gasteiger partial charge in [-0.1, -0.05) is 6.07 Å². The molecule has 0 aromatic heterocycles. The van der Waals surface area contributed by atoms with Gasteiger partial charge in [-0.2, -0.15) is 0 Å². The Hall–Kier alpha value is -1.62. The van der Waals surface area contributed by atoms with Crippen molar-refractivity contribution in [1.82, 2.24) is 5.32 Å². The SMILES string of the molecule is COc1ccc(C)cc1NC(=S)NC(C)=O. The monoisotopic (exact) mass is 238 g/mol. The Morgan fingerprint density at radius 2 is 2.12 bits per heavy atom. The number of thiocarbonyl (C=S) groups is 1. The molecular weight excluding hydrogens is 224 g/mol. The standard InChI is InChI=1S/C11H14N2O2S/c1-7-4-5-10(15-3)9(6-7)13-11(16)12-8(2)14/h4-6H,1-3H3,(H2,12,13,14,16). The molecule has 2 N–H and O–H groups in total. The molecule has 0 heterocycles. The molecular formula is C11H14N2O2S. The van der Waals surface area contributed by atoms with Crippen molar-refractivity contribution in [2.75, 3.05) is 12.4 Å². The molecule has 4 nitrogen and oxygen atoms in total. The number of carbonyl (C=O) groups is 1. The summed E-state index contributed by atoms with van der Waals surface area (Å²) in [4.78, 5) is 10.8. The molecule has 0 spiro atoms. The van der Waals surface area contributed by atoms with Gasteiger partial charge in [0.1, 0.15) is 5.75 Å². The van der Waals surface area contributed by atoms with E-state index in [0.717, 1.165) is 11.3 Å². The summed E-state index contributed by atoms with van der Waals surface area (Å²) in [5.74, 6) is 0.474. The first-order valence-corrected chi connectivity index (χ1v) is 5.17. The summed E-state index contributed by atoms with van der Waals surface area (Å²) in [5.41, 5.74) is 1.81. The van der Waals surface area contributed by atoms with Gasteiger partial charge in [0, 0.05) is 6.92 Å². The fourth-order valence-corrected chi connectivity index (χ4v) is 1.49. The number of aryl methyl sites for hydroxylation is 1. The van der Waals surface area contributed by atoms with Gasteiger partial charge in [0.15, 0.2) is 5.11 Å². The highest BCUT2D eigenvalue weighted by Gasteiger charge is 2.05. The Bertz CT molecular complexity index is 418. The van der Waals surface area contributed by atoms with Crippen LogP contribution in [0.25, 0.3) is 0 Å². The van der Waals surface area contributed by atoms with Gasteiger partial charge < -0.3 is 15.4 Å². The van der Waals surface area contributed by atoms with E-state index < -0.39 is 0 Å². The maximum absolute atomic E-state index is 10.8. The number of anilines is 1. The van der Waals surface area contributed by atoms with Crippen LogP contribution in [0, 0.1) is 6.92 Å². The number of carbonyl (C=O) groups excluding carboxylic acids is 1. The summed E-state index contributed by atoms with van der Waals surface area (Å²) in [6.07, 6.45) is 0. The third-order valence-corrected chi connectivity index (χ3v) is 2.10. The molecule has 0 bridgehead atoms. The zero-order valence-electron chi connectivity index (χ0n) is 9.46. The Kier molecular flexibility index (Phi) is 4.25. The highest BCUT2D eigenvalue weighted by molar-refractivity contribution is 7.80. The summed E-state index contributed by atoms with van der Waals surface area (Å²) in [6.45, 7) is 3.37. The number of nitrogens with one attached hydrogen (secondary N) is 2. The zero-order valence-corrected chi connectivity index (χ0v) is 10.3. The van der Waals surface area contributed by atoms with Crippen molar-refractivity contribution in [3.05, 3.63) is 23.8 Å². The minimum absolute atomic E-state index is 0.205. The van der Waals surface area contributed by atoms with Crippen LogP contribution in [-0.4, -0.2) is 18.1 Å². The van der Waals surface area contributed by atoms with E-state index in [9.17, 15) is 4.79 Å². The van der Waals surface area contributed by atoms with Crippen molar-refractivity contribution < 1.29 is 9.53 Å². The first-order chi connectivity index (χ1) is 7.52. The van der Waals surface area contributed by atoms with Crippen molar-refractivity contribution in [1.29, 1.82) is 0 Å². The predicted octanol–water partition coefficient (Wildman–Crippen LogP) is 1.84. The molecule has 0 saturated carbocycles. The molecule has 86 valence electrons. The van der Waals surface area contributed by atoms with Crippen LogP contribution < -0.4 is 15.4 Å². The topological polar surface area (TPSA) is 50.4 Å². The zero-order chi connectivity index (χ0) is 12.1. The molecule has 0 aliphatic rings. The molecule has 1 aromatic rings. The highest BCUT2D eigenvalue weighted by Crippen LogP contribution is 2.24. The van der Waals surface area contributed by atoms with E-state index in [4.69, 9.17) is 17.0 Å². The van der Waals surface area contributed by atoms with Gasteiger partial charge in [-0.15, -0.1) is 0 Å². The predicted molar refractivity (Wildman–Crippen MR) is 67.8 cm³/mol. The summed E-state index contributed by atoms with van der Waals surface area (Å²) >= 11 is 4.96. The first kappa shape index (κ1) is 12.4. The molecule has 16 heavy (non-hydrogen) atoms. The van der Waals surface area contributed by atoms with Crippen molar-refractivity contribution >= 4 is 28.9 Å². The van der Waals surface area contributed by atoms with Crippen LogP contribution in [-0.2, 0) is 4.79 Å². The quantitative estimate of drug-likeness (QED) is 0.772. The van der Waals surface area contributed by atoms with Crippen LogP contribution in [0.4, 0.5) is 5.69 Å². The van der Waals surface area contributed by atoms with Crippen molar-refractivity contribution in [2.24, 2.45) is 0 Å². The number of hydrogen-bond acceptors (Lipinski definition) is 3. The summed E-state index contributed by atoms with van der Waals surface area (Å²) in [7, 11) is 1.58. The van der Waals surface area contributed by atoms with Crippen LogP contribution in [0.3, 0.4) is 0 Å². The van der Waals surface area contributed by atoms with E-state index in [1.54, 1.807) is 7.11 Å². The second-order valence-electron chi connectivity index (χ2n) is 3.34. The van der Waals surface area contributed by atoms with E-state index >= 15 is 0 Å². The summed E-state index contributed by atoms with van der Waals surface area (Å²) in [5, 5.41) is 5.66. The van der Waals surface area contributed by atoms with Crippen molar-refractivity contribution in [2.45, 2.75) is 13.8 Å². The van der Waals surface area contributed by atoms with Crippen molar-refractivity contribution in [3.8, 4) is 5.75 Å². The highest BCUT2D eigenvalue weighted by atomic mass is 32.1. The van der Waals surface area contributed by atoms with Crippen LogP contribution >= 0.6 is 12.2 Å². The van der Waals surface area contributed by atoms with Crippen LogP contribution in [0.5, 0.6) is 5.75 Å². The minimum atomic E-state index is -0.205. The lowest BCUT2D eigenvalue weighted by Crippen LogP contribution is -2.32. The van der Waals surface area contributed by atoms with Gasteiger partial charge in [0.05, 0.1) is 12.8 Å². The molecule has 1 aromatic carbocycles. The fourth-order valence-electron chi connectivity index (χ4n) is 1.23. The first-order valence-electron chi connectivity index (χ1n) is 4.76. The van der Waals surface area contributed by atoms with Crippen molar-refractivity contribution in [3.63, 3.8) is 0 Å². The van der Waals surface area contributed by atoms with Gasteiger partial charge in [0.2, 0.25) is 5.91 Å². The number of hydrogen-bond donors (Lipinski definition) is 2. The average molecular weight is 238 g/mol. The van der Waals surface area contributed by atoms with Crippen LogP contribution in [0.2, 0.25) is 0 Å². The molecule has 5 heteroatoms. The summed E-state index contributed by atoms with van der Waals surface area (Å²) in [6, 6.07) is 5.67. The Morgan fingerprint density at radius 3 is 2.69 bits per heavy atom. The normalized spacial score (nSPS) is 9.44. The lowest BCUT2D eigenvalue weighted by molar-refractivity contribution is -0.117. The molecule has 0 saturated heterocycles. The largest absolute Gasteiger partial charge is 0.495 e. The molecule has 0 fully saturated rings. The fraction of sp³-hybridized carbons (Fsp3) is 0.273. The second-order valence-corrected chi connectivity index (χ2v) is 3.75. The third kappa shape index (κ3) is 3.51. The molecule has 0 aliphatic carbocycles. The maximum atomic E-state index is 10.8. The molecule has 1 rings (SSSR count). The van der Waals surface area contributed by atoms with E-state index in [1.165, 1.54) is 6.92 Å². The Balaban J connectivity index is 2.83. The lowest BCUT2D eigenvalue weighted by atomic mass is 10.2. The molecule has 0 radical (unpaired) electrons. The molecule has 0 aliphatic heterocycles. The van der Waals surface area contributed by atoms with E-state index in [-0.39, 0.29) is 11.0 Å². The Labute approximate surface area is 100.0 Å². The van der Waals surface area contributed by atoms with Gasteiger partial charge in [-0.05, 0) is 36.8 Å². The third-order valence-electron chi connectivity index (χ3n) is 1.89. The van der Waals surface area contributed by atoms with Crippen LogP contribution in [0.1, 0.15) is 12.5 Å². The second kappa shape index (κ2) is 5.46. The smallest absolute Gasteiger partial charge is 0.222 e. The Morgan fingerprint density at radius 1 is 1.44 bits per heavy atom. The maximum Gasteiger partial charge on any atom is 0.222 e. The van der Waals surface area contributed by atoms with E-state index in [2.05, 4.69) is 10.6 Å². The van der Waals surface area contributed by atoms with Crippen LogP contribution in [0.15, 0.2) is 18.2 Å². The number of methoxy groups -OCH3 is 1. The number of ether oxygens (including phenoxy) is 1. The number of benzene rings is 1. The lowest BCUT2D eigenvalue weighted by Gasteiger charge is -2.12. The number of amides is 1. The van der Waals surface area contributed by atoms with Gasteiger partial charge >= 0.3 is 0 Å². The number of rotatable bonds is 2. The molecule has 0 unspecified atom stereocenters. The van der Waals surface area contributed by atoms with Gasteiger partial charge in [-0.25, -0.2) is 0 Å². The molecule has 0 atom stereocenters. The average Bonchev–Trinajstić information content (AvgIpc) is 2.16. The van der Waals surface area contributed by atoms with Gasteiger partial charge in [0.25, 0.3) is 0 Å². The van der Waals surface area contributed by atoms with E-state index in [0.29, 0.717) is 5.75 Å². The van der Waals surface area contributed by atoms with E-state index in [1.807, 2.05) is 25.1 Å². The minimum Gasteiger partial charge on any atom is -0.495 e. The molecule has 1 amide bonds. The summed E-state index contributed by atoms with van der Waals surface area (Å²) < 4.78 is 5.17.